The molecule has 6 nitrogen and oxygen atoms in total. The second-order valence-corrected chi connectivity index (χ2v) is 6.31. The number of halogens is 1. The summed E-state index contributed by atoms with van der Waals surface area (Å²) in [5.74, 6) is 0. The highest BCUT2D eigenvalue weighted by Gasteiger charge is 2.06. The molecule has 0 aliphatic heterocycles. The van der Waals surface area contributed by atoms with Crippen molar-refractivity contribution in [2.45, 2.75) is 26.9 Å². The minimum absolute atomic E-state index is 0.618. The molecule has 0 atom stereocenters. The second-order valence-electron chi connectivity index (χ2n) is 5.87. The lowest BCUT2D eigenvalue weighted by molar-refractivity contribution is 0.284. The molecule has 3 rings (SSSR count). The molecule has 25 heavy (non-hydrogen) atoms. The summed E-state index contributed by atoms with van der Waals surface area (Å²) >= 11 is 6.03. The fourth-order valence-electron chi connectivity index (χ4n) is 2.77. The summed E-state index contributed by atoms with van der Waals surface area (Å²) < 4.78 is 1.90. The van der Waals surface area contributed by atoms with Gasteiger partial charge in [-0.1, -0.05) is 30.7 Å². The van der Waals surface area contributed by atoms with E-state index in [1.54, 1.807) is 6.20 Å². The Morgan fingerprint density at radius 1 is 1.20 bits per heavy atom. The molecule has 0 spiro atoms. The summed E-state index contributed by atoms with van der Waals surface area (Å²) in [5, 5.41) is 13.6. The topological polar surface area (TPSA) is 58.9 Å². The Labute approximate surface area is 152 Å². The van der Waals surface area contributed by atoms with Crippen molar-refractivity contribution >= 4 is 28.2 Å². The molecule has 0 unspecified atom stereocenters. The fourth-order valence-corrected chi connectivity index (χ4v) is 2.94. The first-order chi connectivity index (χ1) is 12.2. The third-order valence-electron chi connectivity index (χ3n) is 4.29. The molecule has 0 saturated heterocycles. The fraction of sp³-hybridized carbons (Fsp3) is 0.389. The van der Waals surface area contributed by atoms with E-state index in [0.717, 1.165) is 48.5 Å². The highest BCUT2D eigenvalue weighted by atomic mass is 35.5. The smallest absolute Gasteiger partial charge is 0.102 e. The number of pyridine rings is 1. The van der Waals surface area contributed by atoms with Gasteiger partial charge in [0.05, 0.1) is 24.8 Å². The quantitative estimate of drug-likeness (QED) is 0.668. The van der Waals surface area contributed by atoms with Crippen molar-refractivity contribution in [3.63, 3.8) is 0 Å². The lowest BCUT2D eigenvalue weighted by Crippen LogP contribution is -2.27. The zero-order chi connectivity index (χ0) is 17.6. The lowest BCUT2D eigenvalue weighted by Gasteiger charge is -2.17. The molecule has 2 aromatic heterocycles. The molecule has 3 aromatic rings. The molecular formula is C18H23ClN6. The highest BCUT2D eigenvalue weighted by Crippen LogP contribution is 2.24. The van der Waals surface area contributed by atoms with Gasteiger partial charge in [-0.25, -0.2) is 0 Å². The van der Waals surface area contributed by atoms with Crippen molar-refractivity contribution in [1.82, 2.24) is 24.9 Å². The number of aromatic nitrogens is 4. The zero-order valence-corrected chi connectivity index (χ0v) is 15.4. The molecule has 7 heteroatoms. The van der Waals surface area contributed by atoms with E-state index >= 15 is 0 Å². The van der Waals surface area contributed by atoms with E-state index in [1.807, 2.05) is 35.1 Å². The number of benzene rings is 1. The van der Waals surface area contributed by atoms with E-state index in [0.29, 0.717) is 11.6 Å². The van der Waals surface area contributed by atoms with Gasteiger partial charge in [-0.05, 0) is 37.4 Å². The number of anilines is 1. The average Bonchev–Trinajstić information content (AvgIpc) is 3.08. The standard InChI is InChI=1S/C18H23ClN6/c1-3-24(4-2)9-10-25-13-15(22-23-25)12-21-17-7-8-20-18-11-14(19)5-6-16(17)18/h5-8,11,13H,3-4,9-10,12H2,1-2H3,(H,20,21). The molecule has 0 radical (unpaired) electrons. The Morgan fingerprint density at radius 3 is 2.84 bits per heavy atom. The van der Waals surface area contributed by atoms with Crippen LogP contribution in [0.25, 0.3) is 10.9 Å². The van der Waals surface area contributed by atoms with Crippen LogP contribution in [0.4, 0.5) is 5.69 Å². The van der Waals surface area contributed by atoms with Gasteiger partial charge in [-0.3, -0.25) is 9.67 Å². The van der Waals surface area contributed by atoms with Crippen molar-refractivity contribution in [2.24, 2.45) is 0 Å². The van der Waals surface area contributed by atoms with E-state index in [-0.39, 0.29) is 0 Å². The predicted octanol–water partition coefficient (Wildman–Crippen LogP) is 3.43. The zero-order valence-electron chi connectivity index (χ0n) is 14.6. The van der Waals surface area contributed by atoms with Crippen molar-refractivity contribution in [3.05, 3.63) is 47.4 Å². The summed E-state index contributed by atoms with van der Waals surface area (Å²) in [5.41, 5.74) is 2.80. The van der Waals surface area contributed by atoms with Crippen LogP contribution in [0.15, 0.2) is 36.7 Å². The molecule has 1 N–H and O–H groups in total. The molecule has 1 aromatic carbocycles. The Balaban J connectivity index is 1.63. The SMILES string of the molecule is CCN(CC)CCn1cc(CNc2ccnc3cc(Cl)ccc23)nn1. The van der Waals surface area contributed by atoms with Crippen LogP contribution < -0.4 is 5.32 Å². The largest absolute Gasteiger partial charge is 0.379 e. The molecule has 0 saturated carbocycles. The first kappa shape index (κ1) is 17.6. The Morgan fingerprint density at radius 2 is 2.04 bits per heavy atom. The number of rotatable bonds is 8. The summed E-state index contributed by atoms with van der Waals surface area (Å²) in [4.78, 5) is 6.73. The normalized spacial score (nSPS) is 11.4. The van der Waals surface area contributed by atoms with Crippen LogP contribution >= 0.6 is 11.6 Å². The van der Waals surface area contributed by atoms with Crippen molar-refractivity contribution in [2.75, 3.05) is 25.0 Å². The summed E-state index contributed by atoms with van der Waals surface area (Å²) in [6.45, 7) is 8.91. The van der Waals surface area contributed by atoms with Gasteiger partial charge in [-0.15, -0.1) is 5.10 Å². The van der Waals surface area contributed by atoms with Gasteiger partial charge in [0.2, 0.25) is 0 Å². The van der Waals surface area contributed by atoms with E-state index < -0.39 is 0 Å². The molecule has 0 aliphatic rings. The van der Waals surface area contributed by atoms with E-state index in [4.69, 9.17) is 11.6 Å². The highest BCUT2D eigenvalue weighted by molar-refractivity contribution is 6.31. The molecule has 0 fully saturated rings. The number of nitrogens with zero attached hydrogens (tertiary/aromatic N) is 5. The summed E-state index contributed by atoms with van der Waals surface area (Å²) in [6, 6.07) is 7.68. The van der Waals surface area contributed by atoms with E-state index in [2.05, 4.69) is 39.4 Å². The van der Waals surface area contributed by atoms with E-state index in [1.165, 1.54) is 0 Å². The van der Waals surface area contributed by atoms with Crippen LogP contribution in [0.1, 0.15) is 19.5 Å². The van der Waals surface area contributed by atoms with Gasteiger partial charge in [0.25, 0.3) is 0 Å². The maximum Gasteiger partial charge on any atom is 0.102 e. The van der Waals surface area contributed by atoms with Gasteiger partial charge in [0, 0.05) is 28.8 Å². The molecule has 0 amide bonds. The maximum absolute atomic E-state index is 6.03. The van der Waals surface area contributed by atoms with Crippen LogP contribution in [-0.2, 0) is 13.1 Å². The average molecular weight is 359 g/mol. The Kier molecular flexibility index (Phi) is 5.83. The molecule has 2 heterocycles. The third-order valence-corrected chi connectivity index (χ3v) is 4.53. The van der Waals surface area contributed by atoms with Gasteiger partial charge < -0.3 is 10.2 Å². The molecule has 0 bridgehead atoms. The van der Waals surface area contributed by atoms with Crippen LogP contribution in [-0.4, -0.2) is 44.5 Å². The number of likely N-dealkylation sites (N-methyl/N-ethyl adjacent to an activating group) is 1. The number of nitrogens with one attached hydrogen (secondary N) is 1. The molecule has 0 aliphatic carbocycles. The molecule has 132 valence electrons. The first-order valence-corrected chi connectivity index (χ1v) is 8.97. The molecular weight excluding hydrogens is 336 g/mol. The van der Waals surface area contributed by atoms with E-state index in [9.17, 15) is 0 Å². The monoisotopic (exact) mass is 358 g/mol. The minimum Gasteiger partial charge on any atom is -0.379 e. The summed E-state index contributed by atoms with van der Waals surface area (Å²) in [6.07, 6.45) is 3.78. The third kappa shape index (κ3) is 4.46. The summed E-state index contributed by atoms with van der Waals surface area (Å²) in [7, 11) is 0. The second kappa shape index (κ2) is 8.27. The Bertz CT molecular complexity index is 827. The van der Waals surface area contributed by atoms with Crippen LogP contribution in [0, 0.1) is 0 Å². The number of fused-ring (bicyclic) bond motifs is 1. The van der Waals surface area contributed by atoms with Crippen LogP contribution in [0.3, 0.4) is 0 Å². The Hall–Kier alpha value is -2.18. The predicted molar refractivity (Wildman–Crippen MR) is 102 cm³/mol. The van der Waals surface area contributed by atoms with Crippen molar-refractivity contribution in [3.8, 4) is 0 Å². The van der Waals surface area contributed by atoms with Gasteiger partial charge in [0.15, 0.2) is 0 Å². The minimum atomic E-state index is 0.618. The first-order valence-electron chi connectivity index (χ1n) is 8.59. The van der Waals surface area contributed by atoms with Gasteiger partial charge >= 0.3 is 0 Å². The van der Waals surface area contributed by atoms with Crippen LogP contribution in [0.2, 0.25) is 5.02 Å². The van der Waals surface area contributed by atoms with Crippen molar-refractivity contribution < 1.29 is 0 Å². The lowest BCUT2D eigenvalue weighted by atomic mass is 10.2. The maximum atomic E-state index is 6.03. The number of hydrogen-bond donors (Lipinski definition) is 1. The van der Waals surface area contributed by atoms with Crippen LogP contribution in [0.5, 0.6) is 0 Å². The van der Waals surface area contributed by atoms with Gasteiger partial charge in [-0.2, -0.15) is 0 Å². The van der Waals surface area contributed by atoms with Crippen molar-refractivity contribution in [1.29, 1.82) is 0 Å². The number of hydrogen-bond acceptors (Lipinski definition) is 5. The van der Waals surface area contributed by atoms with Gasteiger partial charge in [0.1, 0.15) is 5.69 Å².